The number of aromatic nitrogens is 3. The van der Waals surface area contributed by atoms with Crippen LogP contribution in [0.1, 0.15) is 22.6 Å². The van der Waals surface area contributed by atoms with Gasteiger partial charge in [-0.2, -0.15) is 13.2 Å². The molecule has 0 spiro atoms. The number of rotatable bonds is 6. The molecule has 7 nitrogen and oxygen atoms in total. The van der Waals surface area contributed by atoms with Crippen molar-refractivity contribution in [3.8, 4) is 5.75 Å². The van der Waals surface area contributed by atoms with Crippen LogP contribution in [0.3, 0.4) is 0 Å². The van der Waals surface area contributed by atoms with Crippen molar-refractivity contribution in [3.05, 3.63) is 41.5 Å². The standard InChI is InChI=1S/C17H19F4N5O2/c1-11-15(16(27)23-25-7-6-12(10-25)17(19,20)21)22-24-26(11)8-9-28-14-4-2-13(18)3-5-14/h2-5,12H,6-10H2,1H3,(H,23,27). The van der Waals surface area contributed by atoms with Crippen LogP contribution in [0.4, 0.5) is 17.6 Å². The molecule has 1 atom stereocenters. The number of ether oxygens (including phenoxy) is 1. The number of hydrogen-bond donors (Lipinski definition) is 1. The van der Waals surface area contributed by atoms with Crippen molar-refractivity contribution in [3.63, 3.8) is 0 Å². The first kappa shape index (κ1) is 20.1. The third-order valence-electron chi connectivity index (χ3n) is 4.49. The number of hydrogen-bond acceptors (Lipinski definition) is 5. The van der Waals surface area contributed by atoms with Crippen molar-refractivity contribution in [1.29, 1.82) is 0 Å². The Morgan fingerprint density at radius 1 is 1.32 bits per heavy atom. The highest BCUT2D eigenvalue weighted by Crippen LogP contribution is 2.32. The summed E-state index contributed by atoms with van der Waals surface area (Å²) in [5.74, 6) is -1.93. The second-order valence-electron chi connectivity index (χ2n) is 6.46. The minimum absolute atomic E-state index is 0.0391. The minimum Gasteiger partial charge on any atom is -0.492 e. The molecule has 1 saturated heterocycles. The number of alkyl halides is 3. The number of hydrazine groups is 1. The zero-order chi connectivity index (χ0) is 20.3. The maximum atomic E-state index is 12.9. The lowest BCUT2D eigenvalue weighted by atomic mass is 10.1. The Hall–Kier alpha value is -2.69. The molecule has 1 aromatic heterocycles. The second-order valence-corrected chi connectivity index (χ2v) is 6.46. The van der Waals surface area contributed by atoms with Crippen LogP contribution in [0.15, 0.2) is 24.3 Å². The van der Waals surface area contributed by atoms with Crippen molar-refractivity contribution in [1.82, 2.24) is 25.4 Å². The molecule has 3 rings (SSSR count). The number of halogens is 4. The van der Waals surface area contributed by atoms with Gasteiger partial charge >= 0.3 is 6.18 Å². The lowest BCUT2D eigenvalue weighted by Crippen LogP contribution is -2.42. The minimum atomic E-state index is -4.27. The fourth-order valence-corrected chi connectivity index (χ4v) is 2.89. The third kappa shape index (κ3) is 4.77. The van der Waals surface area contributed by atoms with E-state index >= 15 is 0 Å². The lowest BCUT2D eigenvalue weighted by Gasteiger charge is -2.18. The number of amides is 1. The van der Waals surface area contributed by atoms with Crippen molar-refractivity contribution in [2.24, 2.45) is 5.92 Å². The summed E-state index contributed by atoms with van der Waals surface area (Å²) in [7, 11) is 0. The molecule has 28 heavy (non-hydrogen) atoms. The predicted octanol–water partition coefficient (Wildman–Crippen LogP) is 2.33. The van der Waals surface area contributed by atoms with Gasteiger partial charge in [0, 0.05) is 13.1 Å². The van der Waals surface area contributed by atoms with Gasteiger partial charge in [0.15, 0.2) is 5.69 Å². The Labute approximate surface area is 158 Å². The predicted molar refractivity (Wildman–Crippen MR) is 89.9 cm³/mol. The average molecular weight is 401 g/mol. The van der Waals surface area contributed by atoms with Gasteiger partial charge in [0.1, 0.15) is 18.2 Å². The molecular formula is C17H19F4N5O2. The van der Waals surface area contributed by atoms with Gasteiger partial charge in [-0.15, -0.1) is 5.10 Å². The summed E-state index contributed by atoms with van der Waals surface area (Å²) in [5.41, 5.74) is 2.95. The molecular weight excluding hydrogens is 382 g/mol. The topological polar surface area (TPSA) is 72.3 Å². The van der Waals surface area contributed by atoms with Gasteiger partial charge in [0.2, 0.25) is 0 Å². The lowest BCUT2D eigenvalue weighted by molar-refractivity contribution is -0.171. The Morgan fingerprint density at radius 2 is 2.04 bits per heavy atom. The van der Waals surface area contributed by atoms with Crippen molar-refractivity contribution >= 4 is 5.91 Å². The number of nitrogens with one attached hydrogen (secondary N) is 1. The highest BCUT2D eigenvalue weighted by Gasteiger charge is 2.44. The third-order valence-corrected chi connectivity index (χ3v) is 4.49. The summed E-state index contributed by atoms with van der Waals surface area (Å²) >= 11 is 0. The van der Waals surface area contributed by atoms with E-state index in [0.29, 0.717) is 18.0 Å². The Kier molecular flexibility index (Phi) is 5.82. The molecule has 0 bridgehead atoms. The summed E-state index contributed by atoms with van der Waals surface area (Å²) < 4.78 is 58.0. The van der Waals surface area contributed by atoms with Crippen LogP contribution in [-0.4, -0.2) is 51.8 Å². The van der Waals surface area contributed by atoms with Crippen molar-refractivity contribution < 1.29 is 27.1 Å². The first-order valence-corrected chi connectivity index (χ1v) is 8.65. The fraction of sp³-hybridized carbons (Fsp3) is 0.471. The first-order chi connectivity index (χ1) is 13.2. The maximum absolute atomic E-state index is 12.9. The van der Waals surface area contributed by atoms with E-state index in [9.17, 15) is 22.4 Å². The van der Waals surface area contributed by atoms with Gasteiger partial charge in [0.25, 0.3) is 5.91 Å². The van der Waals surface area contributed by atoms with E-state index in [-0.39, 0.29) is 37.6 Å². The number of carbonyl (C=O) groups excluding carboxylic acids is 1. The SMILES string of the molecule is Cc1c(C(=O)NN2CCC(C(F)(F)F)C2)nnn1CCOc1ccc(F)cc1. The van der Waals surface area contributed by atoms with Crippen LogP contribution in [0.2, 0.25) is 0 Å². The molecule has 0 radical (unpaired) electrons. The summed E-state index contributed by atoms with van der Waals surface area (Å²) in [6, 6.07) is 5.54. The molecule has 1 aromatic carbocycles. The van der Waals surface area contributed by atoms with Crippen LogP contribution in [0.25, 0.3) is 0 Å². The van der Waals surface area contributed by atoms with Crippen LogP contribution in [-0.2, 0) is 6.54 Å². The fourth-order valence-electron chi connectivity index (χ4n) is 2.89. The van der Waals surface area contributed by atoms with Crippen LogP contribution in [0.5, 0.6) is 5.75 Å². The molecule has 0 aliphatic carbocycles. The Morgan fingerprint density at radius 3 is 2.68 bits per heavy atom. The van der Waals surface area contributed by atoms with Gasteiger partial charge in [-0.1, -0.05) is 5.21 Å². The van der Waals surface area contributed by atoms with Gasteiger partial charge in [-0.25, -0.2) is 14.1 Å². The van der Waals surface area contributed by atoms with Crippen molar-refractivity contribution in [2.45, 2.75) is 26.1 Å². The summed E-state index contributed by atoms with van der Waals surface area (Å²) in [6.07, 6.45) is -4.33. The van der Waals surface area contributed by atoms with E-state index < -0.39 is 18.0 Å². The van der Waals surface area contributed by atoms with E-state index in [1.807, 2.05) is 0 Å². The van der Waals surface area contributed by atoms with E-state index in [1.165, 1.54) is 34.0 Å². The summed E-state index contributed by atoms with van der Waals surface area (Å²) in [5, 5.41) is 8.93. The monoisotopic (exact) mass is 401 g/mol. The average Bonchev–Trinajstić information content (AvgIpc) is 3.24. The molecule has 2 heterocycles. The molecule has 152 valence electrons. The number of benzene rings is 1. The Balaban J connectivity index is 1.52. The highest BCUT2D eigenvalue weighted by molar-refractivity contribution is 5.92. The van der Waals surface area contributed by atoms with Crippen molar-refractivity contribution in [2.75, 3.05) is 19.7 Å². The second kappa shape index (κ2) is 8.13. The maximum Gasteiger partial charge on any atom is 0.393 e. The van der Waals surface area contributed by atoms with E-state index in [0.717, 1.165) is 0 Å². The van der Waals surface area contributed by atoms with E-state index in [2.05, 4.69) is 15.7 Å². The molecule has 1 unspecified atom stereocenters. The molecule has 1 fully saturated rings. The van der Waals surface area contributed by atoms with Gasteiger partial charge in [0.05, 0.1) is 18.2 Å². The molecule has 1 N–H and O–H groups in total. The van der Waals surface area contributed by atoms with Crippen LogP contribution in [0, 0.1) is 18.7 Å². The zero-order valence-corrected chi connectivity index (χ0v) is 15.0. The molecule has 11 heteroatoms. The molecule has 0 saturated carbocycles. The normalized spacial score (nSPS) is 17.7. The van der Waals surface area contributed by atoms with E-state index in [4.69, 9.17) is 4.74 Å². The van der Waals surface area contributed by atoms with Gasteiger partial charge in [-0.3, -0.25) is 10.2 Å². The smallest absolute Gasteiger partial charge is 0.393 e. The summed E-state index contributed by atoms with van der Waals surface area (Å²) in [6.45, 7) is 1.98. The molecule has 2 aromatic rings. The molecule has 1 amide bonds. The largest absolute Gasteiger partial charge is 0.492 e. The highest BCUT2D eigenvalue weighted by atomic mass is 19.4. The van der Waals surface area contributed by atoms with Gasteiger partial charge in [-0.05, 0) is 37.6 Å². The van der Waals surface area contributed by atoms with Gasteiger partial charge < -0.3 is 4.74 Å². The molecule has 1 aliphatic heterocycles. The number of nitrogens with zero attached hydrogens (tertiary/aromatic N) is 4. The number of carbonyl (C=O) groups is 1. The van der Waals surface area contributed by atoms with E-state index in [1.54, 1.807) is 6.92 Å². The first-order valence-electron chi connectivity index (χ1n) is 8.65. The van der Waals surface area contributed by atoms with Crippen LogP contribution < -0.4 is 10.2 Å². The zero-order valence-electron chi connectivity index (χ0n) is 15.0. The van der Waals surface area contributed by atoms with Crippen LogP contribution >= 0.6 is 0 Å². The summed E-state index contributed by atoms with van der Waals surface area (Å²) in [4.78, 5) is 12.3. The molecule has 1 aliphatic rings. The quantitative estimate of drug-likeness (QED) is 0.753. The Bertz CT molecular complexity index is 822.